The summed E-state index contributed by atoms with van der Waals surface area (Å²) in [6.45, 7) is 1.09. The number of aromatic carboxylic acids is 1. The van der Waals surface area contributed by atoms with Crippen LogP contribution in [0.4, 0.5) is 0 Å². The predicted molar refractivity (Wildman–Crippen MR) is 54.9 cm³/mol. The molecule has 0 spiro atoms. The van der Waals surface area contributed by atoms with Gasteiger partial charge in [0.25, 0.3) is 0 Å². The van der Waals surface area contributed by atoms with Crippen LogP contribution in [0.5, 0.6) is 0 Å². The van der Waals surface area contributed by atoms with Crippen molar-refractivity contribution in [2.24, 2.45) is 5.29 Å². The highest BCUT2D eigenvalue weighted by Crippen LogP contribution is 2.27. The molecular weight excluding hydrogens is 212 g/mol. The van der Waals surface area contributed by atoms with Crippen molar-refractivity contribution in [3.05, 3.63) is 22.4 Å². The molecule has 0 aromatic carbocycles. The third-order valence-corrected chi connectivity index (χ3v) is 2.82. The minimum Gasteiger partial charge on any atom is -0.478 e. The molecule has 1 fully saturated rings. The molecule has 7 heteroatoms. The van der Waals surface area contributed by atoms with Crippen LogP contribution in [0.2, 0.25) is 0 Å². The first-order valence-corrected chi connectivity index (χ1v) is 5.07. The third-order valence-electron chi connectivity index (χ3n) is 2.82. The second-order valence-electron chi connectivity index (χ2n) is 3.84. The molecule has 2 N–H and O–H groups in total. The first kappa shape index (κ1) is 10.6. The first-order valence-electron chi connectivity index (χ1n) is 5.07. The lowest BCUT2D eigenvalue weighted by atomic mass is 9.93. The summed E-state index contributed by atoms with van der Waals surface area (Å²) in [7, 11) is 0. The van der Waals surface area contributed by atoms with E-state index in [0.717, 1.165) is 12.8 Å². The quantitative estimate of drug-likeness (QED) is 0.745. The molecule has 1 aliphatic heterocycles. The van der Waals surface area contributed by atoms with Gasteiger partial charge in [-0.05, 0) is 12.8 Å². The number of H-pyrrole nitrogens is 1. The molecule has 0 saturated carbocycles. The predicted octanol–water partition coefficient (Wildman–Crippen LogP) is 0.969. The maximum Gasteiger partial charge on any atom is 0.339 e. The Morgan fingerprint density at radius 1 is 1.69 bits per heavy atom. The minimum atomic E-state index is -1.00. The Hall–Kier alpha value is -1.92. The van der Waals surface area contributed by atoms with Crippen molar-refractivity contribution < 1.29 is 9.90 Å². The summed E-state index contributed by atoms with van der Waals surface area (Å²) >= 11 is 0. The summed E-state index contributed by atoms with van der Waals surface area (Å²) in [6.07, 6.45) is 2.97. The average Bonchev–Trinajstić information content (AvgIpc) is 2.78. The van der Waals surface area contributed by atoms with Crippen LogP contribution in [0.3, 0.4) is 0 Å². The van der Waals surface area contributed by atoms with Crippen molar-refractivity contribution in [1.82, 2.24) is 15.2 Å². The molecule has 7 nitrogen and oxygen atoms in total. The Balaban J connectivity index is 2.19. The van der Waals surface area contributed by atoms with E-state index in [-0.39, 0.29) is 11.5 Å². The lowest BCUT2D eigenvalue weighted by Crippen LogP contribution is -2.30. The molecular formula is C9H12N4O3. The van der Waals surface area contributed by atoms with Gasteiger partial charge in [0.1, 0.15) is 5.56 Å². The normalized spacial score (nSPS) is 20.8. The zero-order valence-corrected chi connectivity index (χ0v) is 8.59. The minimum absolute atomic E-state index is 0.0138. The number of nitrogens with zero attached hydrogens (tertiary/aromatic N) is 3. The third kappa shape index (κ3) is 1.88. The van der Waals surface area contributed by atoms with Gasteiger partial charge in [-0.15, -0.1) is 4.91 Å². The van der Waals surface area contributed by atoms with Gasteiger partial charge in [-0.2, -0.15) is 5.10 Å². The van der Waals surface area contributed by atoms with Crippen molar-refractivity contribution in [2.75, 3.05) is 13.1 Å². The van der Waals surface area contributed by atoms with E-state index in [1.807, 2.05) is 0 Å². The summed E-state index contributed by atoms with van der Waals surface area (Å²) in [6, 6.07) is 0. The number of aromatic amines is 1. The van der Waals surface area contributed by atoms with E-state index in [1.165, 1.54) is 11.2 Å². The van der Waals surface area contributed by atoms with E-state index < -0.39 is 5.97 Å². The van der Waals surface area contributed by atoms with Crippen LogP contribution < -0.4 is 0 Å². The van der Waals surface area contributed by atoms with E-state index in [0.29, 0.717) is 18.8 Å². The second kappa shape index (κ2) is 4.30. The van der Waals surface area contributed by atoms with Crippen molar-refractivity contribution >= 4 is 5.97 Å². The molecule has 16 heavy (non-hydrogen) atoms. The van der Waals surface area contributed by atoms with Crippen LogP contribution in [-0.4, -0.2) is 39.4 Å². The molecule has 0 bridgehead atoms. The Labute approximate surface area is 91.4 Å². The number of piperidine rings is 1. The first-order chi connectivity index (χ1) is 7.72. The molecule has 0 amide bonds. The number of nitroso groups, excluding NO2 is 1. The largest absolute Gasteiger partial charge is 0.478 e. The van der Waals surface area contributed by atoms with Crippen molar-refractivity contribution in [2.45, 2.75) is 18.8 Å². The van der Waals surface area contributed by atoms with Crippen LogP contribution in [0, 0.1) is 4.91 Å². The van der Waals surface area contributed by atoms with Gasteiger partial charge in [0.15, 0.2) is 0 Å². The van der Waals surface area contributed by atoms with Crippen LogP contribution in [0.25, 0.3) is 0 Å². The number of aromatic nitrogens is 2. The molecule has 1 aliphatic rings. The standard InChI is InChI=1S/C9H12N4O3/c14-9(15)7-4-10-11-8(7)6-2-1-3-13(5-6)12-16/h4,6H,1-3,5H2,(H,10,11)(H,14,15). The fourth-order valence-electron chi connectivity index (χ4n) is 2.04. The maximum absolute atomic E-state index is 10.9. The molecule has 2 rings (SSSR count). The van der Waals surface area contributed by atoms with Crippen LogP contribution in [0.1, 0.15) is 34.8 Å². The van der Waals surface area contributed by atoms with Gasteiger partial charge < -0.3 is 5.11 Å². The van der Waals surface area contributed by atoms with E-state index in [9.17, 15) is 9.70 Å². The number of rotatable bonds is 3. The highest BCUT2D eigenvalue weighted by molar-refractivity contribution is 5.88. The number of hydrogen-bond donors (Lipinski definition) is 2. The smallest absolute Gasteiger partial charge is 0.339 e. The number of carbonyl (C=O) groups is 1. The average molecular weight is 224 g/mol. The van der Waals surface area contributed by atoms with Gasteiger partial charge in [0.05, 0.1) is 17.2 Å². The number of carboxylic acids is 1. The molecule has 86 valence electrons. The monoisotopic (exact) mass is 224 g/mol. The maximum atomic E-state index is 10.9. The zero-order chi connectivity index (χ0) is 11.5. The Bertz CT molecular complexity index is 403. The van der Waals surface area contributed by atoms with Crippen LogP contribution in [-0.2, 0) is 0 Å². The van der Waals surface area contributed by atoms with Gasteiger partial charge in [-0.25, -0.2) is 4.79 Å². The fraction of sp³-hybridized carbons (Fsp3) is 0.556. The number of carboxylic acid groups (broad SMARTS) is 1. The number of nitrogens with one attached hydrogen (secondary N) is 1. The highest BCUT2D eigenvalue weighted by atomic mass is 16.4. The fourth-order valence-corrected chi connectivity index (χ4v) is 2.04. The lowest BCUT2D eigenvalue weighted by molar-refractivity contribution is 0.0694. The summed E-state index contributed by atoms with van der Waals surface area (Å²) in [4.78, 5) is 21.3. The molecule has 1 atom stereocenters. The summed E-state index contributed by atoms with van der Waals surface area (Å²) in [5.41, 5.74) is 0.763. The molecule has 0 radical (unpaired) electrons. The van der Waals surface area contributed by atoms with E-state index in [4.69, 9.17) is 5.11 Å². The van der Waals surface area contributed by atoms with E-state index in [2.05, 4.69) is 15.5 Å². The molecule has 1 unspecified atom stereocenters. The van der Waals surface area contributed by atoms with Crippen molar-refractivity contribution in [1.29, 1.82) is 0 Å². The van der Waals surface area contributed by atoms with E-state index >= 15 is 0 Å². The molecule has 1 aromatic rings. The summed E-state index contributed by atoms with van der Waals surface area (Å²) in [5.74, 6) is -1.01. The summed E-state index contributed by atoms with van der Waals surface area (Å²) in [5, 5.41) is 19.7. The molecule has 1 aromatic heterocycles. The molecule has 1 saturated heterocycles. The van der Waals surface area contributed by atoms with Crippen LogP contribution in [0.15, 0.2) is 11.5 Å². The second-order valence-corrected chi connectivity index (χ2v) is 3.84. The van der Waals surface area contributed by atoms with Gasteiger partial charge in [-0.3, -0.25) is 10.1 Å². The Kier molecular flexibility index (Phi) is 2.84. The van der Waals surface area contributed by atoms with Gasteiger partial charge in [0, 0.05) is 19.0 Å². The topological polar surface area (TPSA) is 98.7 Å². The van der Waals surface area contributed by atoms with Gasteiger partial charge >= 0.3 is 5.97 Å². The zero-order valence-electron chi connectivity index (χ0n) is 8.59. The highest BCUT2D eigenvalue weighted by Gasteiger charge is 2.26. The SMILES string of the molecule is O=NN1CCCC(c2[nH]ncc2C(=O)O)C1. The van der Waals surface area contributed by atoms with E-state index in [1.54, 1.807) is 0 Å². The number of hydrogen-bond acceptors (Lipinski definition) is 4. The van der Waals surface area contributed by atoms with Crippen LogP contribution >= 0.6 is 0 Å². The van der Waals surface area contributed by atoms with Gasteiger partial charge in [-0.1, -0.05) is 0 Å². The van der Waals surface area contributed by atoms with Crippen molar-refractivity contribution in [3.8, 4) is 0 Å². The Morgan fingerprint density at radius 3 is 3.19 bits per heavy atom. The van der Waals surface area contributed by atoms with Crippen molar-refractivity contribution in [3.63, 3.8) is 0 Å². The molecule has 0 aliphatic carbocycles. The van der Waals surface area contributed by atoms with Gasteiger partial charge in [0.2, 0.25) is 0 Å². The summed E-state index contributed by atoms with van der Waals surface area (Å²) < 4.78 is 0. The molecule has 2 heterocycles. The Morgan fingerprint density at radius 2 is 2.50 bits per heavy atom. The lowest BCUT2D eigenvalue weighted by Gasteiger charge is -2.27.